The van der Waals surface area contributed by atoms with Crippen LogP contribution in [0.2, 0.25) is 5.28 Å². The summed E-state index contributed by atoms with van der Waals surface area (Å²) in [7, 11) is 1.37. The first kappa shape index (κ1) is 20.5. The molecule has 4 aliphatic rings. The van der Waals surface area contributed by atoms with E-state index in [4.69, 9.17) is 16.3 Å². The number of ether oxygens (including phenoxy) is 2. The van der Waals surface area contributed by atoms with E-state index in [0.29, 0.717) is 23.9 Å². The van der Waals surface area contributed by atoms with E-state index in [-0.39, 0.29) is 28.2 Å². The largest absolute Gasteiger partial charge is 0.493 e. The maximum absolute atomic E-state index is 13.5. The quantitative estimate of drug-likeness (QED) is 0.699. The third kappa shape index (κ3) is 3.52. The number of alkyl halides is 2. The third-order valence-electron chi connectivity index (χ3n) is 7.10. The molecule has 1 heterocycles. The van der Waals surface area contributed by atoms with Crippen molar-refractivity contribution >= 4 is 23.2 Å². The highest BCUT2D eigenvalue weighted by molar-refractivity contribution is 6.28. The van der Waals surface area contributed by atoms with Crippen LogP contribution in [0.1, 0.15) is 38.5 Å². The van der Waals surface area contributed by atoms with Gasteiger partial charge < -0.3 is 14.8 Å². The van der Waals surface area contributed by atoms with E-state index < -0.39 is 12.0 Å². The Bertz CT molecular complexity index is 1000. The molecule has 31 heavy (non-hydrogen) atoms. The Labute approximate surface area is 183 Å². The van der Waals surface area contributed by atoms with Crippen molar-refractivity contribution in [1.29, 1.82) is 0 Å². The van der Waals surface area contributed by atoms with Crippen molar-refractivity contribution in [3.05, 3.63) is 29.8 Å². The highest BCUT2D eigenvalue weighted by atomic mass is 35.5. The molecule has 0 unspecified atom stereocenters. The minimum atomic E-state index is -2.96. The number of nitrogens with one attached hydrogen (secondary N) is 1. The van der Waals surface area contributed by atoms with Crippen molar-refractivity contribution in [3.8, 4) is 11.5 Å². The van der Waals surface area contributed by atoms with Gasteiger partial charge in [-0.2, -0.15) is 8.78 Å². The van der Waals surface area contributed by atoms with Gasteiger partial charge in [0.1, 0.15) is 6.33 Å². The van der Waals surface area contributed by atoms with E-state index in [9.17, 15) is 13.6 Å². The van der Waals surface area contributed by atoms with E-state index in [2.05, 4.69) is 20.1 Å². The fourth-order valence-corrected chi connectivity index (χ4v) is 6.55. The number of anilines is 1. The summed E-state index contributed by atoms with van der Waals surface area (Å²) in [5, 5.41) is 7.59. The number of benzene rings is 1. The molecule has 4 fully saturated rings. The number of hydrogen-bond acceptors (Lipinski definition) is 5. The summed E-state index contributed by atoms with van der Waals surface area (Å²) in [6.45, 7) is -2.96. The van der Waals surface area contributed by atoms with Gasteiger partial charge in [0.15, 0.2) is 11.5 Å². The zero-order valence-electron chi connectivity index (χ0n) is 17.0. The van der Waals surface area contributed by atoms with Gasteiger partial charge >= 0.3 is 6.61 Å². The second-order valence-corrected chi connectivity index (χ2v) is 9.46. The van der Waals surface area contributed by atoms with Crippen LogP contribution in [-0.2, 0) is 10.3 Å². The van der Waals surface area contributed by atoms with Gasteiger partial charge in [0.2, 0.25) is 11.2 Å². The Morgan fingerprint density at radius 3 is 2.61 bits per heavy atom. The molecule has 0 radical (unpaired) electrons. The smallest absolute Gasteiger partial charge is 0.387 e. The molecule has 0 aliphatic heterocycles. The lowest BCUT2D eigenvalue weighted by atomic mass is 9.46. The zero-order chi connectivity index (χ0) is 21.8. The van der Waals surface area contributed by atoms with E-state index in [1.807, 2.05) is 4.68 Å². The lowest BCUT2D eigenvalue weighted by molar-refractivity contribution is -0.150. The van der Waals surface area contributed by atoms with E-state index in [1.165, 1.54) is 19.2 Å². The number of rotatable bonds is 6. The van der Waals surface area contributed by atoms with E-state index in [0.717, 1.165) is 32.1 Å². The molecule has 4 saturated carbocycles. The van der Waals surface area contributed by atoms with Crippen molar-refractivity contribution in [2.24, 2.45) is 17.3 Å². The maximum Gasteiger partial charge on any atom is 0.387 e. The molecule has 0 saturated heterocycles. The fraction of sp³-hybridized carbons (Fsp3) is 0.571. The number of carbonyl (C=O) groups excluding carboxylic acids is 1. The van der Waals surface area contributed by atoms with Gasteiger partial charge in [-0.3, -0.25) is 4.79 Å². The lowest BCUT2D eigenvalue weighted by Crippen LogP contribution is -2.60. The zero-order valence-corrected chi connectivity index (χ0v) is 17.7. The highest BCUT2D eigenvalue weighted by Gasteiger charge is 2.61. The number of hydrogen-bond donors (Lipinski definition) is 1. The fourth-order valence-electron chi connectivity index (χ4n) is 6.42. The van der Waals surface area contributed by atoms with Crippen LogP contribution < -0.4 is 14.8 Å². The molecule has 2 aromatic rings. The average molecular weight is 453 g/mol. The monoisotopic (exact) mass is 452 g/mol. The second-order valence-electron chi connectivity index (χ2n) is 9.12. The molecule has 166 valence electrons. The van der Waals surface area contributed by atoms with Gasteiger partial charge in [-0.15, -0.1) is 5.10 Å². The molecule has 10 heteroatoms. The lowest BCUT2D eigenvalue weighted by Gasteiger charge is -2.60. The second kappa shape index (κ2) is 7.32. The Hall–Kier alpha value is -2.42. The average Bonchev–Trinajstić information content (AvgIpc) is 3.15. The van der Waals surface area contributed by atoms with Crippen molar-refractivity contribution in [1.82, 2.24) is 14.8 Å². The van der Waals surface area contributed by atoms with Crippen molar-refractivity contribution in [3.63, 3.8) is 0 Å². The topological polar surface area (TPSA) is 78.3 Å². The van der Waals surface area contributed by atoms with Gasteiger partial charge in [0.25, 0.3) is 0 Å². The van der Waals surface area contributed by atoms with Crippen LogP contribution in [0.3, 0.4) is 0 Å². The molecule has 6 rings (SSSR count). The number of halogens is 3. The summed E-state index contributed by atoms with van der Waals surface area (Å²) < 4.78 is 36.6. The number of aromatic nitrogens is 3. The van der Waals surface area contributed by atoms with Crippen LogP contribution in [0.4, 0.5) is 14.5 Å². The number of nitrogens with zero attached hydrogens (tertiary/aromatic N) is 3. The summed E-state index contributed by atoms with van der Waals surface area (Å²) in [5.41, 5.74) is -0.265. The molecule has 1 aromatic heterocycles. The van der Waals surface area contributed by atoms with Crippen molar-refractivity contribution in [2.45, 2.75) is 50.7 Å². The molecule has 4 bridgehead atoms. The van der Waals surface area contributed by atoms with Crippen molar-refractivity contribution < 1.29 is 23.0 Å². The predicted octanol–water partition coefficient (Wildman–Crippen LogP) is 4.48. The van der Waals surface area contributed by atoms with Crippen LogP contribution in [0.25, 0.3) is 0 Å². The third-order valence-corrected chi connectivity index (χ3v) is 7.27. The first-order chi connectivity index (χ1) is 14.8. The predicted molar refractivity (Wildman–Crippen MR) is 108 cm³/mol. The Morgan fingerprint density at radius 2 is 2.00 bits per heavy atom. The van der Waals surface area contributed by atoms with Gasteiger partial charge in [-0.1, -0.05) is 0 Å². The molecule has 1 amide bonds. The summed E-state index contributed by atoms with van der Waals surface area (Å²) in [6.07, 6.45) is 7.12. The maximum atomic E-state index is 13.5. The molecular weight excluding hydrogens is 430 g/mol. The van der Waals surface area contributed by atoms with Crippen LogP contribution >= 0.6 is 11.6 Å². The normalized spacial score (nSPS) is 31.1. The van der Waals surface area contributed by atoms with Gasteiger partial charge in [0.05, 0.1) is 18.1 Å². The summed E-state index contributed by atoms with van der Waals surface area (Å²) >= 11 is 5.99. The summed E-state index contributed by atoms with van der Waals surface area (Å²) in [6, 6.07) is 4.42. The number of amides is 1. The van der Waals surface area contributed by atoms with Crippen LogP contribution in [-0.4, -0.2) is 34.4 Å². The van der Waals surface area contributed by atoms with Crippen LogP contribution in [0.15, 0.2) is 24.5 Å². The van der Waals surface area contributed by atoms with Crippen LogP contribution in [0, 0.1) is 17.3 Å². The van der Waals surface area contributed by atoms with E-state index in [1.54, 1.807) is 12.4 Å². The Balaban J connectivity index is 1.40. The molecule has 2 atom stereocenters. The van der Waals surface area contributed by atoms with E-state index >= 15 is 0 Å². The van der Waals surface area contributed by atoms with Gasteiger partial charge in [-0.05, 0) is 74.1 Å². The van der Waals surface area contributed by atoms with Gasteiger partial charge in [-0.25, -0.2) is 9.67 Å². The minimum absolute atomic E-state index is 0.0539. The summed E-state index contributed by atoms with van der Waals surface area (Å²) in [4.78, 5) is 17.6. The molecule has 1 N–H and O–H groups in total. The SMILES string of the molecule is COc1cc(NC(=O)C23C[C@H]4C[C@H](C2)CC(n2cnc(Cl)n2)(C4)C3)ccc1OC(F)F. The van der Waals surface area contributed by atoms with Crippen LogP contribution in [0.5, 0.6) is 11.5 Å². The first-order valence-electron chi connectivity index (χ1n) is 10.3. The minimum Gasteiger partial charge on any atom is -0.493 e. The first-order valence-corrected chi connectivity index (χ1v) is 10.7. The number of carbonyl (C=O) groups is 1. The Kier molecular flexibility index (Phi) is 4.84. The molecular formula is C21H23ClF2N4O3. The standard InChI is InChI=1S/C21H23ClF2N4O3/c1-30-16-5-14(2-3-15(16)31-19(23)24)26-17(29)20-6-12-4-13(7-20)9-21(8-12,10-20)28-11-25-18(22)27-28/h2-3,5,11-13,19H,4,6-10H2,1H3,(H,26,29)/t12-,13-,20?,21?/m1/s1. The summed E-state index contributed by atoms with van der Waals surface area (Å²) in [5.74, 6) is 0.907. The molecule has 1 aromatic carbocycles. The molecule has 7 nitrogen and oxygen atoms in total. The highest BCUT2D eigenvalue weighted by Crippen LogP contribution is 2.64. The molecule has 0 spiro atoms. The number of methoxy groups -OCH3 is 1. The van der Waals surface area contributed by atoms with Crippen molar-refractivity contribution in [2.75, 3.05) is 12.4 Å². The molecule has 4 aliphatic carbocycles. The van der Waals surface area contributed by atoms with Gasteiger partial charge in [0, 0.05) is 11.8 Å². The Morgan fingerprint density at radius 1 is 1.26 bits per heavy atom.